The molecule has 3 aromatic carbocycles. The fraction of sp³-hybridized carbons (Fsp3) is 0.500. The molecule has 0 saturated heterocycles. The SMILES string of the molecule is C=CCOC12Oc3ccc(Oc4ccc(OC)c(C=O)c4)cc3C3C(CCCCO)C(CCCCO)C=C(C(=NOC(C)(C)C)CC1N(CCOCCO)C(=O)Oc1ccc([N+](=O)[O-])cc1)C32. The van der Waals surface area contributed by atoms with Crippen molar-refractivity contribution in [3.63, 3.8) is 0 Å². The molecule has 67 heavy (non-hydrogen) atoms. The molecule has 6 atom stereocenters. The molecule has 2 aliphatic carbocycles. The monoisotopic (exact) mass is 929 g/mol. The number of amides is 1. The second-order valence-corrected chi connectivity index (χ2v) is 17.7. The average Bonchev–Trinajstić information content (AvgIpc) is 3.31. The number of fused-ring (bicyclic) bond motifs is 2. The van der Waals surface area contributed by atoms with Gasteiger partial charge in [0.15, 0.2) is 6.29 Å². The zero-order valence-corrected chi connectivity index (χ0v) is 38.7. The molecule has 3 aromatic rings. The van der Waals surface area contributed by atoms with Gasteiger partial charge in [0.1, 0.15) is 40.4 Å². The fourth-order valence-electron chi connectivity index (χ4n) is 9.41. The van der Waals surface area contributed by atoms with E-state index >= 15 is 0 Å². The fourth-order valence-corrected chi connectivity index (χ4v) is 9.41. The van der Waals surface area contributed by atoms with Crippen molar-refractivity contribution < 1.29 is 63.1 Å². The summed E-state index contributed by atoms with van der Waals surface area (Å²) < 4.78 is 37.9. The van der Waals surface area contributed by atoms with Gasteiger partial charge >= 0.3 is 6.09 Å². The molecule has 1 fully saturated rings. The van der Waals surface area contributed by atoms with E-state index in [4.69, 9.17) is 38.4 Å². The third kappa shape index (κ3) is 12.0. The quantitative estimate of drug-likeness (QED) is 0.0254. The second kappa shape index (κ2) is 23.2. The highest BCUT2D eigenvalue weighted by Gasteiger charge is 2.65. The van der Waals surface area contributed by atoms with Gasteiger partial charge in [0.05, 0.1) is 55.7 Å². The third-order valence-electron chi connectivity index (χ3n) is 12.2. The number of benzene rings is 3. The normalized spacial score (nSPS) is 22.3. The Morgan fingerprint density at radius 3 is 2.33 bits per heavy atom. The van der Waals surface area contributed by atoms with Crippen LogP contribution in [0.15, 0.2) is 90.1 Å². The van der Waals surface area contributed by atoms with E-state index in [-0.39, 0.29) is 75.9 Å². The number of hydrogen-bond acceptors (Lipinski definition) is 15. The largest absolute Gasteiger partial charge is 0.496 e. The van der Waals surface area contributed by atoms with Crippen LogP contribution in [0.25, 0.3) is 0 Å². The van der Waals surface area contributed by atoms with Crippen molar-refractivity contribution in [2.24, 2.45) is 22.9 Å². The number of allylic oxidation sites excluding steroid dienone is 1. The maximum Gasteiger partial charge on any atom is 0.415 e. The van der Waals surface area contributed by atoms with Crippen LogP contribution in [0.3, 0.4) is 0 Å². The zero-order chi connectivity index (χ0) is 48.1. The molecule has 6 rings (SSSR count). The van der Waals surface area contributed by atoms with Gasteiger partial charge in [0.2, 0.25) is 5.79 Å². The minimum atomic E-state index is -1.65. The Labute approximate surface area is 391 Å². The number of rotatable bonds is 24. The molecule has 3 N–H and O–H groups in total. The number of aldehydes is 1. The Morgan fingerprint density at radius 2 is 1.67 bits per heavy atom. The van der Waals surface area contributed by atoms with E-state index in [2.05, 4.69) is 12.7 Å². The molecule has 0 radical (unpaired) electrons. The number of non-ortho nitro benzene ring substituents is 1. The molecule has 0 bridgehead atoms. The first-order chi connectivity index (χ1) is 32.3. The number of methoxy groups -OCH3 is 1. The summed E-state index contributed by atoms with van der Waals surface area (Å²) in [4.78, 5) is 45.4. The summed E-state index contributed by atoms with van der Waals surface area (Å²) in [5.41, 5.74) is 1.60. The van der Waals surface area contributed by atoms with E-state index in [0.717, 1.165) is 24.0 Å². The molecule has 0 spiro atoms. The molecule has 362 valence electrons. The van der Waals surface area contributed by atoms with E-state index in [1.54, 1.807) is 36.4 Å². The van der Waals surface area contributed by atoms with Gasteiger partial charge in [-0.1, -0.05) is 30.1 Å². The highest BCUT2D eigenvalue weighted by Crippen LogP contribution is 2.62. The van der Waals surface area contributed by atoms with E-state index in [9.17, 15) is 35.0 Å². The van der Waals surface area contributed by atoms with Crippen LogP contribution in [0.4, 0.5) is 10.5 Å². The number of unbranched alkanes of at least 4 members (excludes halogenated alkanes) is 2. The number of carbonyl (C=O) groups excluding carboxylic acids is 2. The van der Waals surface area contributed by atoms with Gasteiger partial charge in [-0.3, -0.25) is 19.8 Å². The lowest BCUT2D eigenvalue weighted by atomic mass is 9.55. The van der Waals surface area contributed by atoms with Gasteiger partial charge in [-0.25, -0.2) is 4.79 Å². The molecule has 6 unspecified atom stereocenters. The topological polar surface area (TPSA) is 218 Å². The van der Waals surface area contributed by atoms with E-state index in [1.807, 2.05) is 26.8 Å². The minimum absolute atomic E-state index is 0.00613. The number of ether oxygens (including phenoxy) is 6. The van der Waals surface area contributed by atoms with Gasteiger partial charge < -0.3 is 48.6 Å². The Bertz CT molecular complexity index is 2240. The Hall–Kier alpha value is -5.85. The van der Waals surface area contributed by atoms with Crippen molar-refractivity contribution in [2.75, 3.05) is 53.3 Å². The maximum absolute atomic E-state index is 14.8. The molecule has 1 aliphatic heterocycles. The van der Waals surface area contributed by atoms with Crippen LogP contribution in [0.1, 0.15) is 87.6 Å². The Balaban J connectivity index is 1.59. The first kappa shape index (κ1) is 50.6. The number of carbonyl (C=O) groups is 2. The molecular weight excluding hydrogens is 867 g/mol. The van der Waals surface area contributed by atoms with Crippen molar-refractivity contribution in [1.29, 1.82) is 0 Å². The number of nitro groups is 1. The van der Waals surface area contributed by atoms with E-state index in [1.165, 1.54) is 36.3 Å². The molecule has 1 heterocycles. The van der Waals surface area contributed by atoms with Crippen LogP contribution in [0.2, 0.25) is 0 Å². The first-order valence-corrected chi connectivity index (χ1v) is 22.8. The first-order valence-electron chi connectivity index (χ1n) is 22.8. The summed E-state index contributed by atoms with van der Waals surface area (Å²) in [5.74, 6) is -1.03. The summed E-state index contributed by atoms with van der Waals surface area (Å²) in [6.45, 7) is 9.38. The van der Waals surface area contributed by atoms with Gasteiger partial charge in [0.25, 0.3) is 5.69 Å². The summed E-state index contributed by atoms with van der Waals surface area (Å²) in [6.07, 6.45) is 7.81. The van der Waals surface area contributed by atoms with Gasteiger partial charge in [-0.15, -0.1) is 6.58 Å². The third-order valence-corrected chi connectivity index (χ3v) is 12.2. The molecule has 1 amide bonds. The van der Waals surface area contributed by atoms with Crippen molar-refractivity contribution in [3.8, 4) is 28.7 Å². The van der Waals surface area contributed by atoms with Crippen LogP contribution in [-0.4, -0.2) is 114 Å². The minimum Gasteiger partial charge on any atom is -0.496 e. The molecule has 0 aromatic heterocycles. The lowest BCUT2D eigenvalue weighted by molar-refractivity contribution is -0.384. The van der Waals surface area contributed by atoms with Crippen molar-refractivity contribution in [1.82, 2.24) is 4.90 Å². The second-order valence-electron chi connectivity index (χ2n) is 17.7. The average molecular weight is 930 g/mol. The van der Waals surface area contributed by atoms with E-state index in [0.29, 0.717) is 66.2 Å². The highest BCUT2D eigenvalue weighted by molar-refractivity contribution is 6.03. The number of aliphatic hydroxyl groups excluding tert-OH is 3. The Morgan fingerprint density at radius 1 is 0.970 bits per heavy atom. The molecular formula is C50H63N3O14. The molecule has 17 heteroatoms. The van der Waals surface area contributed by atoms with Crippen LogP contribution in [0.5, 0.6) is 28.7 Å². The number of nitro benzene ring substituents is 1. The molecule has 3 aliphatic rings. The summed E-state index contributed by atoms with van der Waals surface area (Å²) in [6, 6.07) is 14.7. The maximum atomic E-state index is 14.8. The van der Waals surface area contributed by atoms with Gasteiger partial charge in [-0.2, -0.15) is 0 Å². The number of aliphatic hydroxyl groups is 3. The number of hydrogen-bond donors (Lipinski definition) is 3. The van der Waals surface area contributed by atoms with Crippen LogP contribution in [-0.2, 0) is 14.3 Å². The number of nitrogens with zero attached hydrogens (tertiary/aromatic N) is 3. The van der Waals surface area contributed by atoms with Crippen molar-refractivity contribution in [2.45, 2.75) is 89.1 Å². The lowest BCUT2D eigenvalue weighted by Gasteiger charge is -2.59. The summed E-state index contributed by atoms with van der Waals surface area (Å²) in [5, 5.41) is 45.9. The van der Waals surface area contributed by atoms with Crippen LogP contribution < -0.4 is 18.9 Å². The smallest absolute Gasteiger partial charge is 0.415 e. The summed E-state index contributed by atoms with van der Waals surface area (Å²) >= 11 is 0. The number of oxime groups is 1. The predicted octanol–water partition coefficient (Wildman–Crippen LogP) is 8.15. The van der Waals surface area contributed by atoms with Gasteiger partial charge in [0, 0.05) is 49.8 Å². The van der Waals surface area contributed by atoms with Gasteiger partial charge in [-0.05, 0) is 112 Å². The predicted molar refractivity (Wildman–Crippen MR) is 248 cm³/mol. The Kier molecular flexibility index (Phi) is 17.5. The molecule has 17 nitrogen and oxygen atoms in total. The van der Waals surface area contributed by atoms with E-state index < -0.39 is 40.3 Å². The van der Waals surface area contributed by atoms with Crippen LogP contribution >= 0.6 is 0 Å². The summed E-state index contributed by atoms with van der Waals surface area (Å²) in [7, 11) is 1.49. The van der Waals surface area contributed by atoms with Crippen LogP contribution in [0, 0.1) is 27.9 Å². The van der Waals surface area contributed by atoms with Crippen molar-refractivity contribution >= 4 is 23.8 Å². The zero-order valence-electron chi connectivity index (χ0n) is 38.7. The lowest BCUT2D eigenvalue weighted by Crippen LogP contribution is -2.70. The molecule has 1 saturated carbocycles. The highest BCUT2D eigenvalue weighted by atomic mass is 16.7. The standard InChI is InChI=1S/C50H63N3O14/c1-6-25-63-50-45(52(21-26-62-27-24-56)48(58)65-36-15-13-35(14-16-36)53(59)60)31-42(51-67-49(2,3)4)40-29-33(11-7-9-22-54)39(12-8-10-23-55)46(47(40)50)41-30-38(18-20-44(41)66-50)64-37-17-19-43(61-5)34(28-37)32-57/h6,13-20,28-30,32-33,39,45-47,54-56H,1,7-12,21-27,31H2,2-5H3. The van der Waals surface area contributed by atoms with Crippen molar-refractivity contribution in [3.05, 3.63) is 106 Å².